The van der Waals surface area contributed by atoms with Gasteiger partial charge in [-0.15, -0.1) is 0 Å². The van der Waals surface area contributed by atoms with E-state index in [2.05, 4.69) is 0 Å². The van der Waals surface area contributed by atoms with E-state index in [1.54, 1.807) is 0 Å². The number of likely N-dealkylation sites (tertiary alicyclic amines) is 1. The van der Waals surface area contributed by atoms with Crippen LogP contribution in [0, 0.1) is 0 Å². The number of aliphatic carboxylic acids is 1. The van der Waals surface area contributed by atoms with Gasteiger partial charge in [0, 0.05) is 13.0 Å². The number of benzene rings is 1. The van der Waals surface area contributed by atoms with Crippen LogP contribution in [0.1, 0.15) is 24.8 Å². The molecular formula is C14H17NO3. The second-order valence-corrected chi connectivity index (χ2v) is 4.57. The van der Waals surface area contributed by atoms with E-state index >= 15 is 0 Å². The van der Waals surface area contributed by atoms with Crippen molar-refractivity contribution in [1.82, 2.24) is 4.90 Å². The van der Waals surface area contributed by atoms with Crippen molar-refractivity contribution in [3.63, 3.8) is 0 Å². The number of carbonyl (C=O) groups excluding carboxylic acids is 1. The number of rotatable bonds is 4. The normalized spacial score (nSPS) is 19.9. The predicted octanol–water partition coefficient (Wildman–Crippen LogP) is 1.69. The third-order valence-electron chi connectivity index (χ3n) is 3.33. The van der Waals surface area contributed by atoms with Crippen molar-refractivity contribution >= 4 is 11.9 Å². The van der Waals surface area contributed by atoms with Gasteiger partial charge in [-0.05, 0) is 24.8 Å². The fourth-order valence-electron chi connectivity index (χ4n) is 2.35. The van der Waals surface area contributed by atoms with Crippen molar-refractivity contribution in [2.75, 3.05) is 6.54 Å². The minimum Gasteiger partial charge on any atom is -0.480 e. The summed E-state index contributed by atoms with van der Waals surface area (Å²) < 4.78 is 0. The van der Waals surface area contributed by atoms with Crippen LogP contribution < -0.4 is 0 Å². The van der Waals surface area contributed by atoms with Gasteiger partial charge in [-0.2, -0.15) is 0 Å². The van der Waals surface area contributed by atoms with Crippen molar-refractivity contribution in [2.45, 2.75) is 31.7 Å². The molecule has 4 nitrogen and oxygen atoms in total. The van der Waals surface area contributed by atoms with Crippen LogP contribution in [0.25, 0.3) is 0 Å². The summed E-state index contributed by atoms with van der Waals surface area (Å²) in [5, 5.41) is 9.13. The fraction of sp³-hybridized carbons (Fsp3) is 0.429. The Morgan fingerprint density at radius 1 is 1.33 bits per heavy atom. The highest BCUT2D eigenvalue weighted by Gasteiger charge is 2.32. The van der Waals surface area contributed by atoms with Gasteiger partial charge >= 0.3 is 5.97 Å². The number of carboxylic acid groups (broad SMARTS) is 1. The van der Waals surface area contributed by atoms with E-state index < -0.39 is 12.0 Å². The zero-order chi connectivity index (χ0) is 13.0. The van der Waals surface area contributed by atoms with Gasteiger partial charge < -0.3 is 10.0 Å². The van der Waals surface area contributed by atoms with Gasteiger partial charge in [-0.3, -0.25) is 4.79 Å². The minimum atomic E-state index is -0.892. The quantitative estimate of drug-likeness (QED) is 0.881. The third-order valence-corrected chi connectivity index (χ3v) is 3.33. The molecule has 1 N–H and O–H groups in total. The summed E-state index contributed by atoms with van der Waals surface area (Å²) in [6.45, 7) is 0.486. The van der Waals surface area contributed by atoms with Crippen LogP contribution in [0.3, 0.4) is 0 Å². The summed E-state index contributed by atoms with van der Waals surface area (Å²) in [5.41, 5.74) is 1.13. The molecule has 0 aliphatic carbocycles. The highest BCUT2D eigenvalue weighted by Crippen LogP contribution is 2.19. The standard InChI is InChI=1S/C14H17NO3/c16-13-8-4-7-12(14(17)18)15(13)10-9-11-5-2-1-3-6-11/h1-3,5-6,12H,4,7-10H2,(H,17,18). The van der Waals surface area contributed by atoms with Gasteiger partial charge in [0.2, 0.25) is 5.91 Å². The molecule has 1 unspecified atom stereocenters. The smallest absolute Gasteiger partial charge is 0.326 e. The average molecular weight is 247 g/mol. The summed E-state index contributed by atoms with van der Waals surface area (Å²) in [6, 6.07) is 9.17. The third kappa shape index (κ3) is 2.88. The van der Waals surface area contributed by atoms with Crippen molar-refractivity contribution in [3.05, 3.63) is 35.9 Å². The van der Waals surface area contributed by atoms with Gasteiger partial charge in [-0.1, -0.05) is 30.3 Å². The lowest BCUT2D eigenvalue weighted by atomic mass is 10.0. The van der Waals surface area contributed by atoms with E-state index in [1.807, 2.05) is 30.3 Å². The van der Waals surface area contributed by atoms with Crippen LogP contribution in [0.15, 0.2) is 30.3 Å². The highest BCUT2D eigenvalue weighted by atomic mass is 16.4. The Morgan fingerprint density at radius 2 is 2.06 bits per heavy atom. The molecule has 2 rings (SSSR count). The number of piperidine rings is 1. The number of hydrogen-bond acceptors (Lipinski definition) is 2. The van der Waals surface area contributed by atoms with E-state index in [0.717, 1.165) is 5.56 Å². The number of amides is 1. The maximum Gasteiger partial charge on any atom is 0.326 e. The number of hydrogen-bond donors (Lipinski definition) is 1. The SMILES string of the molecule is O=C(O)C1CCCC(=O)N1CCc1ccccc1. The molecule has 1 aromatic rings. The summed E-state index contributed by atoms with van der Waals surface area (Å²) in [6.07, 6.45) is 2.42. The number of carbonyl (C=O) groups is 2. The van der Waals surface area contributed by atoms with Gasteiger partial charge in [0.1, 0.15) is 6.04 Å². The van der Waals surface area contributed by atoms with Crippen LogP contribution in [-0.4, -0.2) is 34.5 Å². The molecule has 96 valence electrons. The van der Waals surface area contributed by atoms with Gasteiger partial charge in [0.05, 0.1) is 0 Å². The Kier molecular flexibility index (Phi) is 3.97. The molecule has 1 saturated heterocycles. The van der Waals surface area contributed by atoms with Crippen LogP contribution >= 0.6 is 0 Å². The Hall–Kier alpha value is -1.84. The molecule has 1 heterocycles. The maximum absolute atomic E-state index is 11.8. The van der Waals surface area contributed by atoms with Gasteiger partial charge in [0.15, 0.2) is 0 Å². The number of carboxylic acids is 1. The van der Waals surface area contributed by atoms with Crippen LogP contribution in [0.2, 0.25) is 0 Å². The molecular weight excluding hydrogens is 230 g/mol. The first-order chi connectivity index (χ1) is 8.68. The molecule has 1 aliphatic heterocycles. The van der Waals surface area contributed by atoms with Gasteiger partial charge in [-0.25, -0.2) is 4.79 Å². The van der Waals surface area contributed by atoms with E-state index in [1.165, 1.54) is 4.90 Å². The Morgan fingerprint density at radius 3 is 2.72 bits per heavy atom. The van der Waals surface area contributed by atoms with E-state index in [-0.39, 0.29) is 5.91 Å². The minimum absolute atomic E-state index is 0.0374. The molecule has 0 saturated carbocycles. The largest absolute Gasteiger partial charge is 0.480 e. The van der Waals surface area contributed by atoms with E-state index in [4.69, 9.17) is 5.11 Å². The molecule has 1 aliphatic rings. The molecule has 1 amide bonds. The molecule has 0 radical (unpaired) electrons. The van der Waals surface area contributed by atoms with Crippen molar-refractivity contribution < 1.29 is 14.7 Å². The summed E-state index contributed by atoms with van der Waals surface area (Å²) >= 11 is 0. The summed E-state index contributed by atoms with van der Waals surface area (Å²) in [4.78, 5) is 24.4. The lowest BCUT2D eigenvalue weighted by molar-refractivity contribution is -0.153. The molecule has 4 heteroatoms. The lowest BCUT2D eigenvalue weighted by Crippen LogP contribution is -2.48. The molecule has 18 heavy (non-hydrogen) atoms. The first-order valence-corrected chi connectivity index (χ1v) is 6.24. The second kappa shape index (κ2) is 5.67. The van der Waals surface area contributed by atoms with E-state index in [9.17, 15) is 9.59 Å². The molecule has 1 aromatic carbocycles. The molecule has 1 atom stereocenters. The average Bonchev–Trinajstić information content (AvgIpc) is 2.38. The van der Waals surface area contributed by atoms with Crippen molar-refractivity contribution in [1.29, 1.82) is 0 Å². The second-order valence-electron chi connectivity index (χ2n) is 4.57. The van der Waals surface area contributed by atoms with Crippen molar-refractivity contribution in [2.24, 2.45) is 0 Å². The van der Waals surface area contributed by atoms with Crippen LogP contribution in [0.4, 0.5) is 0 Å². The number of nitrogens with zero attached hydrogens (tertiary/aromatic N) is 1. The maximum atomic E-state index is 11.8. The Balaban J connectivity index is 2.00. The molecule has 0 spiro atoms. The van der Waals surface area contributed by atoms with Crippen LogP contribution in [0.5, 0.6) is 0 Å². The summed E-state index contributed by atoms with van der Waals surface area (Å²) in [7, 11) is 0. The molecule has 0 aromatic heterocycles. The fourth-order valence-corrected chi connectivity index (χ4v) is 2.35. The van der Waals surface area contributed by atoms with Crippen LogP contribution in [-0.2, 0) is 16.0 Å². The highest BCUT2D eigenvalue weighted by molar-refractivity contribution is 5.84. The Labute approximate surface area is 106 Å². The topological polar surface area (TPSA) is 57.6 Å². The molecule has 0 bridgehead atoms. The zero-order valence-electron chi connectivity index (χ0n) is 10.2. The zero-order valence-corrected chi connectivity index (χ0v) is 10.2. The first kappa shape index (κ1) is 12.6. The molecule has 1 fully saturated rings. The first-order valence-electron chi connectivity index (χ1n) is 6.24. The Bertz CT molecular complexity index is 430. The van der Waals surface area contributed by atoms with Crippen molar-refractivity contribution in [3.8, 4) is 0 Å². The predicted molar refractivity (Wildman–Crippen MR) is 67.1 cm³/mol. The lowest BCUT2D eigenvalue weighted by Gasteiger charge is -2.32. The van der Waals surface area contributed by atoms with E-state index in [0.29, 0.717) is 32.2 Å². The summed E-state index contributed by atoms with van der Waals surface area (Å²) in [5.74, 6) is -0.930. The monoisotopic (exact) mass is 247 g/mol. The van der Waals surface area contributed by atoms with Gasteiger partial charge in [0.25, 0.3) is 0 Å².